The fraction of sp³-hybridized carbons (Fsp3) is 0.190. The number of anilines is 1. The first-order valence-electron chi connectivity index (χ1n) is 8.65. The van der Waals surface area contributed by atoms with Gasteiger partial charge < -0.3 is 10.2 Å². The highest BCUT2D eigenvalue weighted by molar-refractivity contribution is 7.10. The van der Waals surface area contributed by atoms with Crippen LogP contribution in [-0.2, 0) is 6.42 Å². The Labute approximate surface area is 156 Å². The molecule has 0 spiro atoms. The number of halogens is 1. The first-order valence-corrected chi connectivity index (χ1v) is 9.52. The van der Waals surface area contributed by atoms with Crippen molar-refractivity contribution in [2.45, 2.75) is 12.5 Å². The van der Waals surface area contributed by atoms with Crippen molar-refractivity contribution in [2.75, 3.05) is 18.0 Å². The van der Waals surface area contributed by atoms with Crippen LogP contribution in [0.2, 0.25) is 0 Å². The molecule has 1 aliphatic heterocycles. The molecule has 3 aromatic rings. The quantitative estimate of drug-likeness (QED) is 0.725. The largest absolute Gasteiger partial charge is 0.361 e. The van der Waals surface area contributed by atoms with Crippen LogP contribution in [0.15, 0.2) is 66.0 Å². The van der Waals surface area contributed by atoms with Crippen molar-refractivity contribution in [1.82, 2.24) is 5.32 Å². The number of amides is 1. The molecule has 0 bridgehead atoms. The molecule has 132 valence electrons. The van der Waals surface area contributed by atoms with Crippen molar-refractivity contribution < 1.29 is 9.18 Å². The second kappa shape index (κ2) is 7.30. The molecule has 0 unspecified atom stereocenters. The van der Waals surface area contributed by atoms with Gasteiger partial charge in [0.25, 0.3) is 5.91 Å². The molecule has 1 atom stereocenters. The Bertz CT molecular complexity index is 910. The highest BCUT2D eigenvalue weighted by atomic mass is 32.1. The number of rotatable bonds is 5. The Morgan fingerprint density at radius 2 is 1.92 bits per heavy atom. The summed E-state index contributed by atoms with van der Waals surface area (Å²) in [4.78, 5) is 16.0. The lowest BCUT2D eigenvalue weighted by Crippen LogP contribution is -2.37. The molecule has 0 saturated carbocycles. The standard InChI is InChI=1S/C21H19FN2OS/c22-17-8-3-2-7-16(17)21(25)23-14-19(20-10-5-13-26-20)24-12-11-15-6-1-4-9-18(15)24/h1-10,13,19H,11-12,14H2,(H,23,25)/t19-/m1/s1. The van der Waals surface area contributed by atoms with Gasteiger partial charge in [0.2, 0.25) is 0 Å². The number of para-hydroxylation sites is 1. The fourth-order valence-corrected chi connectivity index (χ4v) is 4.30. The molecule has 0 radical (unpaired) electrons. The summed E-state index contributed by atoms with van der Waals surface area (Å²) in [5, 5.41) is 4.97. The van der Waals surface area contributed by atoms with Crippen LogP contribution in [0.1, 0.15) is 26.8 Å². The molecule has 0 aliphatic carbocycles. The molecule has 2 heterocycles. The van der Waals surface area contributed by atoms with Gasteiger partial charge in [-0.2, -0.15) is 0 Å². The number of nitrogens with one attached hydrogen (secondary N) is 1. The fourth-order valence-electron chi connectivity index (χ4n) is 3.46. The topological polar surface area (TPSA) is 32.3 Å². The molecule has 0 fully saturated rings. The van der Waals surface area contributed by atoms with Crippen LogP contribution in [-0.4, -0.2) is 19.0 Å². The van der Waals surface area contributed by atoms with Crippen LogP contribution in [0.25, 0.3) is 0 Å². The van der Waals surface area contributed by atoms with Gasteiger partial charge in [-0.25, -0.2) is 4.39 Å². The molecule has 1 aliphatic rings. The lowest BCUT2D eigenvalue weighted by molar-refractivity contribution is 0.0947. The van der Waals surface area contributed by atoms with E-state index in [0.29, 0.717) is 6.54 Å². The maximum absolute atomic E-state index is 13.9. The molecule has 1 aromatic heterocycles. The van der Waals surface area contributed by atoms with Gasteiger partial charge in [-0.05, 0) is 41.6 Å². The van der Waals surface area contributed by atoms with Crippen molar-refractivity contribution in [3.05, 3.63) is 87.9 Å². The molecule has 1 N–H and O–H groups in total. The van der Waals surface area contributed by atoms with Crippen LogP contribution in [0.3, 0.4) is 0 Å². The Morgan fingerprint density at radius 1 is 1.12 bits per heavy atom. The van der Waals surface area contributed by atoms with Crippen molar-refractivity contribution in [2.24, 2.45) is 0 Å². The summed E-state index contributed by atoms with van der Waals surface area (Å²) in [6.45, 7) is 1.35. The third-order valence-electron chi connectivity index (χ3n) is 4.75. The maximum atomic E-state index is 13.9. The first-order chi connectivity index (χ1) is 12.7. The zero-order chi connectivity index (χ0) is 17.9. The summed E-state index contributed by atoms with van der Waals surface area (Å²) in [6.07, 6.45) is 0.999. The number of benzene rings is 2. The van der Waals surface area contributed by atoms with E-state index in [1.807, 2.05) is 17.5 Å². The predicted octanol–water partition coefficient (Wildman–Crippen LogP) is 4.42. The smallest absolute Gasteiger partial charge is 0.254 e. The molecule has 3 nitrogen and oxygen atoms in total. The molecule has 26 heavy (non-hydrogen) atoms. The number of hydrogen-bond donors (Lipinski definition) is 1. The summed E-state index contributed by atoms with van der Waals surface area (Å²) in [6, 6.07) is 18.6. The molecular formula is C21H19FN2OS. The third-order valence-corrected chi connectivity index (χ3v) is 5.72. The third kappa shape index (κ3) is 3.22. The minimum Gasteiger partial charge on any atom is -0.361 e. The summed E-state index contributed by atoms with van der Waals surface area (Å²) in [5.74, 6) is -0.874. The van der Waals surface area contributed by atoms with E-state index < -0.39 is 5.82 Å². The van der Waals surface area contributed by atoms with Crippen molar-refractivity contribution in [3.63, 3.8) is 0 Å². The molecule has 5 heteroatoms. The number of nitrogens with zero attached hydrogens (tertiary/aromatic N) is 1. The molecular weight excluding hydrogens is 347 g/mol. The van der Waals surface area contributed by atoms with Crippen LogP contribution in [0.4, 0.5) is 10.1 Å². The van der Waals surface area contributed by atoms with Crippen LogP contribution >= 0.6 is 11.3 Å². The Balaban J connectivity index is 1.56. The number of thiophene rings is 1. The van der Waals surface area contributed by atoms with Gasteiger partial charge in [-0.15, -0.1) is 11.3 Å². The van der Waals surface area contributed by atoms with E-state index in [2.05, 4.69) is 34.5 Å². The average molecular weight is 366 g/mol. The Morgan fingerprint density at radius 3 is 2.73 bits per heavy atom. The van der Waals surface area contributed by atoms with Gasteiger partial charge in [-0.1, -0.05) is 36.4 Å². The summed E-state index contributed by atoms with van der Waals surface area (Å²) >= 11 is 1.68. The zero-order valence-electron chi connectivity index (χ0n) is 14.2. The second-order valence-corrected chi connectivity index (χ2v) is 7.27. The Kier molecular flexibility index (Phi) is 4.71. The maximum Gasteiger partial charge on any atom is 0.254 e. The minimum absolute atomic E-state index is 0.0365. The van der Waals surface area contributed by atoms with Crippen molar-refractivity contribution >= 4 is 22.9 Å². The van der Waals surface area contributed by atoms with Crippen LogP contribution < -0.4 is 10.2 Å². The van der Waals surface area contributed by atoms with Crippen molar-refractivity contribution in [1.29, 1.82) is 0 Å². The van der Waals surface area contributed by atoms with Gasteiger partial charge in [0, 0.05) is 23.7 Å². The number of carbonyl (C=O) groups is 1. The first kappa shape index (κ1) is 16.8. The van der Waals surface area contributed by atoms with E-state index in [-0.39, 0.29) is 17.5 Å². The van der Waals surface area contributed by atoms with E-state index in [1.54, 1.807) is 23.5 Å². The SMILES string of the molecule is O=C(NC[C@H](c1cccs1)N1CCc2ccccc21)c1ccccc1F. The minimum atomic E-state index is -0.496. The zero-order valence-corrected chi connectivity index (χ0v) is 15.0. The van der Waals surface area contributed by atoms with Gasteiger partial charge in [-0.3, -0.25) is 4.79 Å². The lowest BCUT2D eigenvalue weighted by Gasteiger charge is -2.30. The highest BCUT2D eigenvalue weighted by Crippen LogP contribution is 2.36. The van der Waals surface area contributed by atoms with E-state index in [9.17, 15) is 9.18 Å². The van der Waals surface area contributed by atoms with Gasteiger partial charge in [0.05, 0.1) is 11.6 Å². The normalized spacial score (nSPS) is 14.1. The van der Waals surface area contributed by atoms with Gasteiger partial charge >= 0.3 is 0 Å². The number of hydrogen-bond acceptors (Lipinski definition) is 3. The second-order valence-electron chi connectivity index (χ2n) is 6.29. The van der Waals surface area contributed by atoms with Crippen LogP contribution in [0.5, 0.6) is 0 Å². The van der Waals surface area contributed by atoms with E-state index >= 15 is 0 Å². The summed E-state index contributed by atoms with van der Waals surface area (Å²) in [7, 11) is 0. The predicted molar refractivity (Wildman–Crippen MR) is 103 cm³/mol. The van der Waals surface area contributed by atoms with E-state index in [0.717, 1.165) is 13.0 Å². The lowest BCUT2D eigenvalue weighted by atomic mass is 10.1. The summed E-state index contributed by atoms with van der Waals surface area (Å²) < 4.78 is 13.9. The number of fused-ring (bicyclic) bond motifs is 1. The van der Waals surface area contributed by atoms with Gasteiger partial charge in [0.1, 0.15) is 5.82 Å². The van der Waals surface area contributed by atoms with Crippen molar-refractivity contribution in [3.8, 4) is 0 Å². The monoisotopic (exact) mass is 366 g/mol. The van der Waals surface area contributed by atoms with E-state index in [1.165, 1.54) is 28.3 Å². The molecule has 0 saturated heterocycles. The number of carbonyl (C=O) groups excluding carboxylic acids is 1. The Hall–Kier alpha value is -2.66. The summed E-state index contributed by atoms with van der Waals surface area (Å²) in [5.41, 5.74) is 2.62. The average Bonchev–Trinajstić information content (AvgIpc) is 3.33. The van der Waals surface area contributed by atoms with Crippen LogP contribution in [0, 0.1) is 5.82 Å². The highest BCUT2D eigenvalue weighted by Gasteiger charge is 2.28. The van der Waals surface area contributed by atoms with Gasteiger partial charge in [0.15, 0.2) is 0 Å². The van der Waals surface area contributed by atoms with E-state index in [4.69, 9.17) is 0 Å². The molecule has 2 aromatic carbocycles. The molecule has 1 amide bonds. The molecule has 4 rings (SSSR count).